The van der Waals surface area contributed by atoms with Crippen LogP contribution in [0.25, 0.3) is 0 Å². The third-order valence-electron chi connectivity index (χ3n) is 4.37. The summed E-state index contributed by atoms with van der Waals surface area (Å²) < 4.78 is 5.29. The van der Waals surface area contributed by atoms with Gasteiger partial charge in [0.15, 0.2) is 0 Å². The van der Waals surface area contributed by atoms with Crippen LogP contribution in [0.3, 0.4) is 0 Å². The van der Waals surface area contributed by atoms with Crippen molar-refractivity contribution in [3.8, 4) is 5.75 Å². The van der Waals surface area contributed by atoms with E-state index in [4.69, 9.17) is 4.74 Å². The lowest BCUT2D eigenvalue weighted by atomic mass is 10.0. The van der Waals surface area contributed by atoms with Crippen molar-refractivity contribution in [2.45, 2.75) is 26.3 Å². The van der Waals surface area contributed by atoms with E-state index in [1.165, 1.54) is 12.1 Å². The highest BCUT2D eigenvalue weighted by Gasteiger charge is 2.19. The van der Waals surface area contributed by atoms with E-state index in [2.05, 4.69) is 0 Å². The van der Waals surface area contributed by atoms with Gasteiger partial charge in [0.2, 0.25) is 5.91 Å². The topological polar surface area (TPSA) is 72.7 Å². The van der Waals surface area contributed by atoms with E-state index in [-0.39, 0.29) is 24.1 Å². The normalized spacial score (nSPS) is 11.7. The van der Waals surface area contributed by atoms with Gasteiger partial charge in [0.1, 0.15) is 5.75 Å². The van der Waals surface area contributed by atoms with Crippen LogP contribution in [0.1, 0.15) is 29.7 Å². The summed E-state index contributed by atoms with van der Waals surface area (Å²) in [6.45, 7) is 3.80. The summed E-state index contributed by atoms with van der Waals surface area (Å²) in [4.78, 5) is 24.7. The Kier molecular flexibility index (Phi) is 5.75. The molecule has 6 heteroatoms. The zero-order valence-corrected chi connectivity index (χ0v) is 14.9. The lowest BCUT2D eigenvalue weighted by Crippen LogP contribution is -2.31. The summed E-state index contributed by atoms with van der Waals surface area (Å²) in [5, 5.41) is 10.9. The van der Waals surface area contributed by atoms with E-state index in [1.54, 1.807) is 31.2 Å². The van der Waals surface area contributed by atoms with Crippen LogP contribution in [0, 0.1) is 17.0 Å². The molecular formula is C19H22N2O4. The Morgan fingerprint density at radius 3 is 2.64 bits per heavy atom. The molecule has 0 spiro atoms. The van der Waals surface area contributed by atoms with Crippen LogP contribution in [0.4, 0.5) is 5.69 Å². The Bertz CT molecular complexity index is 789. The van der Waals surface area contributed by atoms with Gasteiger partial charge in [-0.25, -0.2) is 0 Å². The zero-order chi connectivity index (χ0) is 18.6. The van der Waals surface area contributed by atoms with Gasteiger partial charge in [0.25, 0.3) is 5.69 Å². The smallest absolute Gasteiger partial charge is 0.269 e. The number of ether oxygens (including phenoxy) is 1. The quantitative estimate of drug-likeness (QED) is 0.593. The number of carbonyl (C=O) groups excluding carboxylic acids is 1. The molecule has 0 aliphatic carbocycles. The lowest BCUT2D eigenvalue weighted by molar-refractivity contribution is -0.384. The maximum atomic E-state index is 12.6. The first-order valence-electron chi connectivity index (χ1n) is 7.97. The molecule has 2 aromatic carbocycles. The molecular weight excluding hydrogens is 320 g/mol. The van der Waals surface area contributed by atoms with Crippen molar-refractivity contribution in [3.05, 3.63) is 69.3 Å². The molecule has 0 saturated carbocycles. The molecule has 0 aliphatic heterocycles. The minimum Gasteiger partial charge on any atom is -0.496 e. The highest BCUT2D eigenvalue weighted by molar-refractivity contribution is 5.79. The molecule has 1 amide bonds. The number of carbonyl (C=O) groups is 1. The summed E-state index contributed by atoms with van der Waals surface area (Å²) in [7, 11) is 3.31. The maximum absolute atomic E-state index is 12.6. The van der Waals surface area contributed by atoms with Crippen molar-refractivity contribution in [2.75, 3.05) is 14.2 Å². The molecule has 1 unspecified atom stereocenters. The van der Waals surface area contributed by atoms with Crippen molar-refractivity contribution in [3.63, 3.8) is 0 Å². The number of rotatable bonds is 6. The molecule has 6 nitrogen and oxygen atoms in total. The molecule has 0 heterocycles. The summed E-state index contributed by atoms with van der Waals surface area (Å²) in [5.74, 6) is 0.685. The second-order valence-electron chi connectivity index (χ2n) is 6.01. The number of likely N-dealkylation sites (N-methyl/N-ethyl adjacent to an activating group) is 1. The second-order valence-corrected chi connectivity index (χ2v) is 6.01. The average Bonchev–Trinajstić information content (AvgIpc) is 2.62. The maximum Gasteiger partial charge on any atom is 0.269 e. The fraction of sp³-hybridized carbons (Fsp3) is 0.316. The van der Waals surface area contributed by atoms with Gasteiger partial charge in [-0.05, 0) is 36.6 Å². The number of benzene rings is 2. The molecule has 132 valence electrons. The summed E-state index contributed by atoms with van der Waals surface area (Å²) in [6, 6.07) is 11.8. The monoisotopic (exact) mass is 342 g/mol. The number of nitro groups is 1. The Morgan fingerprint density at radius 1 is 1.28 bits per heavy atom. The van der Waals surface area contributed by atoms with Crippen LogP contribution in [0.5, 0.6) is 5.75 Å². The third-order valence-corrected chi connectivity index (χ3v) is 4.37. The highest BCUT2D eigenvalue weighted by atomic mass is 16.6. The molecule has 0 saturated heterocycles. The Labute approximate surface area is 147 Å². The molecule has 1 atom stereocenters. The minimum absolute atomic E-state index is 0.0217. The van der Waals surface area contributed by atoms with E-state index >= 15 is 0 Å². The highest BCUT2D eigenvalue weighted by Crippen LogP contribution is 2.24. The largest absolute Gasteiger partial charge is 0.496 e. The fourth-order valence-corrected chi connectivity index (χ4v) is 2.61. The summed E-state index contributed by atoms with van der Waals surface area (Å²) >= 11 is 0. The van der Waals surface area contributed by atoms with Crippen LogP contribution >= 0.6 is 0 Å². The van der Waals surface area contributed by atoms with Crippen molar-refractivity contribution >= 4 is 11.6 Å². The number of methoxy groups -OCH3 is 1. The van der Waals surface area contributed by atoms with Crippen molar-refractivity contribution in [2.24, 2.45) is 0 Å². The first-order valence-corrected chi connectivity index (χ1v) is 7.97. The van der Waals surface area contributed by atoms with Gasteiger partial charge in [-0.1, -0.05) is 24.3 Å². The molecule has 2 aromatic rings. The van der Waals surface area contributed by atoms with Gasteiger partial charge in [-0.15, -0.1) is 0 Å². The molecule has 0 aromatic heterocycles. The number of hydrogen-bond acceptors (Lipinski definition) is 4. The molecule has 0 N–H and O–H groups in total. The van der Waals surface area contributed by atoms with Gasteiger partial charge < -0.3 is 9.64 Å². The average molecular weight is 342 g/mol. The van der Waals surface area contributed by atoms with Gasteiger partial charge in [0, 0.05) is 19.2 Å². The number of hydrogen-bond donors (Lipinski definition) is 0. The predicted octanol–water partition coefficient (Wildman–Crippen LogP) is 3.67. The Morgan fingerprint density at radius 2 is 2.00 bits per heavy atom. The molecule has 25 heavy (non-hydrogen) atoms. The van der Waals surface area contributed by atoms with Crippen LogP contribution < -0.4 is 4.74 Å². The van der Waals surface area contributed by atoms with Gasteiger partial charge in [-0.3, -0.25) is 14.9 Å². The van der Waals surface area contributed by atoms with Crippen molar-refractivity contribution < 1.29 is 14.5 Å². The number of nitro benzene ring substituents is 1. The minimum atomic E-state index is -0.434. The standard InChI is InChI=1S/C19H22N2O4/c1-13-8-9-15(10-18(13)25-4)11-19(22)20(3)14(2)16-6-5-7-17(12-16)21(23)24/h5-10,12,14H,11H2,1-4H3. The molecule has 0 aliphatic rings. The van der Waals surface area contributed by atoms with Crippen molar-refractivity contribution in [1.29, 1.82) is 0 Å². The SMILES string of the molecule is COc1cc(CC(=O)N(C)C(C)c2cccc([N+](=O)[O-])c2)ccc1C. The van der Waals surface area contributed by atoms with Gasteiger partial charge >= 0.3 is 0 Å². The predicted molar refractivity (Wildman–Crippen MR) is 95.7 cm³/mol. The van der Waals surface area contributed by atoms with E-state index in [0.717, 1.165) is 22.4 Å². The van der Waals surface area contributed by atoms with Crippen LogP contribution in [0.2, 0.25) is 0 Å². The fourth-order valence-electron chi connectivity index (χ4n) is 2.61. The first kappa shape index (κ1) is 18.4. The number of nitrogens with zero attached hydrogens (tertiary/aromatic N) is 2. The van der Waals surface area contributed by atoms with Gasteiger partial charge in [0.05, 0.1) is 24.5 Å². The van der Waals surface area contributed by atoms with Crippen molar-refractivity contribution in [1.82, 2.24) is 4.90 Å². The molecule has 0 radical (unpaired) electrons. The number of non-ortho nitro benzene ring substituents is 1. The van der Waals surface area contributed by atoms with Crippen LogP contribution in [0.15, 0.2) is 42.5 Å². The van der Waals surface area contributed by atoms with Gasteiger partial charge in [-0.2, -0.15) is 0 Å². The third kappa shape index (κ3) is 4.35. The molecule has 2 rings (SSSR count). The van der Waals surface area contributed by atoms with Crippen LogP contribution in [-0.4, -0.2) is 29.9 Å². The Hall–Kier alpha value is -2.89. The molecule has 0 bridgehead atoms. The first-order chi connectivity index (χ1) is 11.8. The summed E-state index contributed by atoms with van der Waals surface area (Å²) in [6.07, 6.45) is 0.242. The lowest BCUT2D eigenvalue weighted by Gasteiger charge is -2.25. The van der Waals surface area contributed by atoms with E-state index in [9.17, 15) is 14.9 Å². The zero-order valence-electron chi connectivity index (χ0n) is 14.9. The second kappa shape index (κ2) is 7.79. The number of aryl methyl sites for hydroxylation is 1. The number of amides is 1. The molecule has 0 fully saturated rings. The Balaban J connectivity index is 2.13. The van der Waals surface area contributed by atoms with Crippen LogP contribution in [-0.2, 0) is 11.2 Å². The van der Waals surface area contributed by atoms with E-state index in [1.807, 2.05) is 32.0 Å². The van der Waals surface area contributed by atoms with E-state index < -0.39 is 4.92 Å². The summed E-state index contributed by atoms with van der Waals surface area (Å²) in [5.41, 5.74) is 2.63. The van der Waals surface area contributed by atoms with E-state index in [0.29, 0.717) is 0 Å².